The third-order valence-corrected chi connectivity index (χ3v) is 6.95. The Kier molecular flexibility index (Phi) is 6.69. The summed E-state index contributed by atoms with van der Waals surface area (Å²) in [7, 11) is 0. The maximum atomic E-state index is 12.6. The molecule has 2 aliphatic rings. The zero-order valence-electron chi connectivity index (χ0n) is 22.1. The third-order valence-electron chi connectivity index (χ3n) is 6.95. The monoisotopic (exact) mass is 511 g/mol. The molecule has 196 valence electrons. The van der Waals surface area contributed by atoms with E-state index in [1.807, 2.05) is 69.3 Å². The van der Waals surface area contributed by atoms with Gasteiger partial charge in [0, 0.05) is 17.7 Å². The maximum Gasteiger partial charge on any atom is 0.408 e. The number of aromatic nitrogens is 1. The molecule has 0 radical (unpaired) electrons. The Morgan fingerprint density at radius 1 is 1.13 bits per heavy atom. The Hall–Kier alpha value is -4.13. The minimum Gasteiger partial charge on any atom is -0.466 e. The second-order valence-corrected chi connectivity index (χ2v) is 10.8. The van der Waals surface area contributed by atoms with Gasteiger partial charge in [0.2, 0.25) is 5.88 Å². The largest absolute Gasteiger partial charge is 0.466 e. The molecule has 3 aromatic rings. The van der Waals surface area contributed by atoms with Gasteiger partial charge in [0.1, 0.15) is 11.3 Å². The van der Waals surface area contributed by atoms with Crippen LogP contribution in [-0.2, 0) is 15.1 Å². The summed E-state index contributed by atoms with van der Waals surface area (Å²) in [6.07, 6.45) is 4.06. The van der Waals surface area contributed by atoms with Crippen molar-refractivity contribution in [2.75, 3.05) is 18.1 Å². The van der Waals surface area contributed by atoms with Gasteiger partial charge in [-0.15, -0.1) is 6.58 Å². The van der Waals surface area contributed by atoms with Crippen molar-refractivity contribution in [2.45, 2.75) is 51.2 Å². The molecule has 2 heterocycles. The van der Waals surface area contributed by atoms with Gasteiger partial charge >= 0.3 is 6.09 Å². The molecule has 0 saturated heterocycles. The van der Waals surface area contributed by atoms with Crippen molar-refractivity contribution in [3.8, 4) is 28.3 Å². The molecule has 5 rings (SSSR count). The zero-order valence-corrected chi connectivity index (χ0v) is 22.1. The first-order valence-corrected chi connectivity index (χ1v) is 13.0. The highest BCUT2D eigenvalue weighted by atomic mass is 16.6. The molecule has 38 heavy (non-hydrogen) atoms. The lowest BCUT2D eigenvalue weighted by atomic mass is 9.71. The zero-order chi connectivity index (χ0) is 26.9. The minimum absolute atomic E-state index is 0.0598. The summed E-state index contributed by atoms with van der Waals surface area (Å²) in [4.78, 5) is 31.7. The first-order valence-electron chi connectivity index (χ1n) is 13.0. The number of alkyl carbamates (subject to hydrolysis) is 1. The summed E-state index contributed by atoms with van der Waals surface area (Å²) >= 11 is 0. The van der Waals surface area contributed by atoms with Gasteiger partial charge in [-0.05, 0) is 57.2 Å². The molecule has 0 unspecified atom stereocenters. The Morgan fingerprint density at radius 3 is 2.45 bits per heavy atom. The average Bonchev–Trinajstić information content (AvgIpc) is 2.87. The molecule has 2 amide bonds. The van der Waals surface area contributed by atoms with Crippen molar-refractivity contribution < 1.29 is 19.1 Å². The van der Waals surface area contributed by atoms with Gasteiger partial charge in [-0.25, -0.2) is 9.78 Å². The Labute approximate surface area is 223 Å². The van der Waals surface area contributed by atoms with Crippen molar-refractivity contribution in [1.29, 1.82) is 0 Å². The Bertz CT molecular complexity index is 1360. The number of hydrogen-bond acceptors (Lipinski definition) is 5. The number of nitrogens with one attached hydrogen (secondary N) is 1. The van der Waals surface area contributed by atoms with Crippen molar-refractivity contribution in [2.24, 2.45) is 0 Å². The number of anilines is 1. The van der Waals surface area contributed by atoms with Crippen LogP contribution in [0.15, 0.2) is 73.3 Å². The molecule has 2 aromatic carbocycles. The highest BCUT2D eigenvalue weighted by molar-refractivity contribution is 5.99. The highest BCUT2D eigenvalue weighted by Gasteiger charge is 2.41. The van der Waals surface area contributed by atoms with E-state index in [4.69, 9.17) is 14.5 Å². The molecule has 1 aliphatic carbocycles. The summed E-state index contributed by atoms with van der Waals surface area (Å²) in [5.74, 6) is 0.297. The number of pyridine rings is 1. The van der Waals surface area contributed by atoms with Crippen molar-refractivity contribution >= 4 is 17.7 Å². The fraction of sp³-hybridized carbons (Fsp3) is 0.323. The van der Waals surface area contributed by atoms with Gasteiger partial charge in [-0.2, -0.15) is 0 Å². The topological polar surface area (TPSA) is 80.8 Å². The molecule has 1 saturated carbocycles. The van der Waals surface area contributed by atoms with Gasteiger partial charge in [-0.1, -0.05) is 60.7 Å². The predicted molar refractivity (Wildman–Crippen MR) is 148 cm³/mol. The van der Waals surface area contributed by atoms with Crippen molar-refractivity contribution in [3.05, 3.63) is 78.9 Å². The van der Waals surface area contributed by atoms with E-state index >= 15 is 0 Å². The summed E-state index contributed by atoms with van der Waals surface area (Å²) < 4.78 is 11.3. The minimum atomic E-state index is -0.557. The van der Waals surface area contributed by atoms with Crippen LogP contribution in [0.25, 0.3) is 22.4 Å². The molecular formula is C31H33N3O4. The second kappa shape index (κ2) is 9.97. The lowest BCUT2D eigenvalue weighted by molar-refractivity contribution is -0.121. The van der Waals surface area contributed by atoms with E-state index in [0.717, 1.165) is 47.2 Å². The number of carbonyl (C=O) groups is 2. The number of hydrogen-bond donors (Lipinski definition) is 1. The Morgan fingerprint density at radius 2 is 1.84 bits per heavy atom. The van der Waals surface area contributed by atoms with Crippen molar-refractivity contribution in [3.63, 3.8) is 0 Å². The maximum absolute atomic E-state index is 12.6. The SMILES string of the molecule is C=CCN1C(=O)COc2nc(-c3ccc(C4(NC(=O)OC(C)(C)C)CCC4)cc3)c(-c3ccccc3)cc21. The van der Waals surface area contributed by atoms with E-state index < -0.39 is 17.2 Å². The van der Waals surface area contributed by atoms with Crippen LogP contribution in [0, 0.1) is 0 Å². The number of carbonyl (C=O) groups excluding carboxylic acids is 2. The first kappa shape index (κ1) is 25.5. The van der Waals surface area contributed by atoms with Gasteiger partial charge in [0.25, 0.3) is 5.91 Å². The smallest absolute Gasteiger partial charge is 0.408 e. The van der Waals surface area contributed by atoms with E-state index in [1.165, 1.54) is 0 Å². The quantitative estimate of drug-likeness (QED) is 0.397. The fourth-order valence-corrected chi connectivity index (χ4v) is 4.98. The summed E-state index contributed by atoms with van der Waals surface area (Å²) in [5, 5.41) is 3.12. The molecular weight excluding hydrogens is 478 g/mol. The normalized spacial score (nSPS) is 16.1. The van der Waals surface area contributed by atoms with Crippen LogP contribution in [0.4, 0.5) is 10.5 Å². The molecule has 0 bridgehead atoms. The number of benzene rings is 2. The molecule has 1 aromatic heterocycles. The van der Waals surface area contributed by atoms with Crippen LogP contribution in [0.3, 0.4) is 0 Å². The lowest BCUT2D eigenvalue weighted by Gasteiger charge is -2.43. The van der Waals surface area contributed by atoms with Crippen LogP contribution in [-0.4, -0.2) is 35.7 Å². The van der Waals surface area contributed by atoms with E-state index in [0.29, 0.717) is 18.1 Å². The number of ether oxygens (including phenoxy) is 2. The third kappa shape index (κ3) is 5.01. The van der Waals surface area contributed by atoms with Gasteiger partial charge < -0.3 is 19.7 Å². The van der Waals surface area contributed by atoms with E-state index in [2.05, 4.69) is 24.0 Å². The lowest BCUT2D eigenvalue weighted by Crippen LogP contribution is -2.52. The summed E-state index contributed by atoms with van der Waals surface area (Å²) in [6, 6.07) is 20.1. The Balaban J connectivity index is 1.52. The molecule has 0 spiro atoms. The molecule has 1 aliphatic heterocycles. The summed E-state index contributed by atoms with van der Waals surface area (Å²) in [5.41, 5.74) is 4.25. The van der Waals surface area contributed by atoms with Crippen LogP contribution in [0.1, 0.15) is 45.6 Å². The molecule has 7 nitrogen and oxygen atoms in total. The second-order valence-electron chi connectivity index (χ2n) is 10.8. The molecule has 7 heteroatoms. The van der Waals surface area contributed by atoms with Crippen molar-refractivity contribution in [1.82, 2.24) is 10.3 Å². The number of rotatable bonds is 6. The highest BCUT2D eigenvalue weighted by Crippen LogP contribution is 2.44. The molecule has 1 N–H and O–H groups in total. The fourth-order valence-electron chi connectivity index (χ4n) is 4.98. The predicted octanol–water partition coefficient (Wildman–Crippen LogP) is 6.23. The van der Waals surface area contributed by atoms with Gasteiger partial charge in [0.15, 0.2) is 6.61 Å². The van der Waals surface area contributed by atoms with E-state index in [1.54, 1.807) is 11.0 Å². The number of amides is 2. The van der Waals surface area contributed by atoms with Crippen LogP contribution < -0.4 is 15.0 Å². The summed E-state index contributed by atoms with van der Waals surface area (Å²) in [6.45, 7) is 9.70. The standard InChI is InChI=1S/C31H33N3O4/c1-5-18-34-25-19-24(21-10-7-6-8-11-21)27(32-28(25)37-20-26(34)35)22-12-14-23(15-13-22)31(16-9-17-31)33-29(36)38-30(2,3)4/h5-8,10-15,19H,1,9,16-18,20H2,2-4H3,(H,33,36). The average molecular weight is 512 g/mol. The van der Waals surface area contributed by atoms with Crippen LogP contribution in [0.2, 0.25) is 0 Å². The van der Waals surface area contributed by atoms with E-state index in [-0.39, 0.29) is 12.5 Å². The first-order chi connectivity index (χ1) is 18.2. The van der Waals surface area contributed by atoms with E-state index in [9.17, 15) is 9.59 Å². The number of fused-ring (bicyclic) bond motifs is 1. The van der Waals surface area contributed by atoms with Crippen LogP contribution >= 0.6 is 0 Å². The number of nitrogens with zero attached hydrogens (tertiary/aromatic N) is 2. The van der Waals surface area contributed by atoms with Crippen LogP contribution in [0.5, 0.6) is 5.88 Å². The molecule has 0 atom stereocenters. The van der Waals surface area contributed by atoms with Gasteiger partial charge in [-0.3, -0.25) is 4.79 Å². The van der Waals surface area contributed by atoms with Gasteiger partial charge in [0.05, 0.1) is 11.2 Å². The molecule has 1 fully saturated rings.